The van der Waals surface area contributed by atoms with Crippen LogP contribution in [0, 0.1) is 0 Å². The molecule has 2 N–H and O–H groups in total. The molecule has 24 heavy (non-hydrogen) atoms. The van der Waals surface area contributed by atoms with Gasteiger partial charge in [-0.1, -0.05) is 41.9 Å². The highest BCUT2D eigenvalue weighted by molar-refractivity contribution is 6.36. The lowest BCUT2D eigenvalue weighted by Crippen LogP contribution is -2.22. The van der Waals surface area contributed by atoms with Crippen molar-refractivity contribution in [2.75, 3.05) is 23.8 Å². The van der Waals surface area contributed by atoms with Crippen LogP contribution >= 0.6 is 23.2 Å². The molecule has 0 unspecified atom stereocenters. The summed E-state index contributed by atoms with van der Waals surface area (Å²) in [6.45, 7) is 6.19. The van der Waals surface area contributed by atoms with Crippen LogP contribution in [-0.2, 0) is 4.79 Å². The number of halogens is 2. The molecule has 0 heterocycles. The fourth-order valence-corrected chi connectivity index (χ4v) is 2.36. The van der Waals surface area contributed by atoms with E-state index in [4.69, 9.17) is 27.9 Å². The van der Waals surface area contributed by atoms with E-state index in [1.54, 1.807) is 18.2 Å². The van der Waals surface area contributed by atoms with Gasteiger partial charge in [-0.05, 0) is 42.8 Å². The van der Waals surface area contributed by atoms with Crippen LogP contribution in [0.1, 0.15) is 6.92 Å². The molecule has 1 amide bonds. The Balaban J connectivity index is 1.95. The third-order valence-electron chi connectivity index (χ3n) is 3.01. The first-order valence-electron chi connectivity index (χ1n) is 7.30. The summed E-state index contributed by atoms with van der Waals surface area (Å²) in [5.41, 5.74) is 2.16. The third kappa shape index (κ3) is 5.48. The fraction of sp³-hybridized carbons (Fsp3) is 0.167. The summed E-state index contributed by atoms with van der Waals surface area (Å²) in [6, 6.07) is 12.3. The Morgan fingerprint density at radius 1 is 1.17 bits per heavy atom. The first-order chi connectivity index (χ1) is 11.5. The molecule has 6 heteroatoms. The molecule has 0 aliphatic heterocycles. The van der Waals surface area contributed by atoms with E-state index in [-0.39, 0.29) is 12.5 Å². The average Bonchev–Trinajstić information content (AvgIpc) is 2.54. The van der Waals surface area contributed by atoms with E-state index in [1.807, 2.05) is 31.2 Å². The van der Waals surface area contributed by atoms with Crippen molar-refractivity contribution in [3.8, 4) is 5.75 Å². The van der Waals surface area contributed by atoms with E-state index in [0.29, 0.717) is 28.1 Å². The summed E-state index contributed by atoms with van der Waals surface area (Å²) >= 11 is 11.9. The molecule has 0 bridgehead atoms. The second-order valence-electron chi connectivity index (χ2n) is 5.27. The largest absolute Gasteiger partial charge is 0.487 e. The zero-order chi connectivity index (χ0) is 17.5. The standard InChI is InChI=1S/C18H18Cl2N2O2/c1-12(2)11-24-17-6-4-3-5-16(17)21-10-18(23)22-15-8-7-13(19)9-14(15)20/h3-9,21H,1,10-11H2,2H3,(H,22,23). The monoisotopic (exact) mass is 364 g/mol. The van der Waals surface area contributed by atoms with Gasteiger partial charge < -0.3 is 15.4 Å². The van der Waals surface area contributed by atoms with Crippen LogP contribution in [0.25, 0.3) is 0 Å². The zero-order valence-electron chi connectivity index (χ0n) is 13.2. The molecular weight excluding hydrogens is 347 g/mol. The molecule has 2 aromatic rings. The Morgan fingerprint density at radius 3 is 2.62 bits per heavy atom. The second kappa shape index (κ2) is 8.62. The minimum Gasteiger partial charge on any atom is -0.487 e. The molecule has 0 aliphatic carbocycles. The first kappa shape index (κ1) is 18.2. The Labute approximate surface area is 151 Å². The van der Waals surface area contributed by atoms with Gasteiger partial charge in [0.05, 0.1) is 22.9 Å². The van der Waals surface area contributed by atoms with Crippen LogP contribution in [0.3, 0.4) is 0 Å². The molecular formula is C18H18Cl2N2O2. The van der Waals surface area contributed by atoms with Crippen molar-refractivity contribution in [1.82, 2.24) is 0 Å². The molecule has 0 radical (unpaired) electrons. The molecule has 2 aromatic carbocycles. The van der Waals surface area contributed by atoms with Crippen LogP contribution in [-0.4, -0.2) is 19.1 Å². The van der Waals surface area contributed by atoms with Gasteiger partial charge in [-0.2, -0.15) is 0 Å². The van der Waals surface area contributed by atoms with Crippen molar-refractivity contribution < 1.29 is 9.53 Å². The van der Waals surface area contributed by atoms with Crippen molar-refractivity contribution >= 4 is 40.5 Å². The fourth-order valence-electron chi connectivity index (χ4n) is 1.90. The van der Waals surface area contributed by atoms with Gasteiger partial charge in [-0.25, -0.2) is 0 Å². The van der Waals surface area contributed by atoms with E-state index >= 15 is 0 Å². The van der Waals surface area contributed by atoms with Crippen molar-refractivity contribution in [2.45, 2.75) is 6.92 Å². The molecule has 2 rings (SSSR count). The number of carbonyl (C=O) groups is 1. The van der Waals surface area contributed by atoms with Crippen molar-refractivity contribution in [1.29, 1.82) is 0 Å². The van der Waals surface area contributed by atoms with Gasteiger partial charge in [0, 0.05) is 5.02 Å². The molecule has 0 saturated heterocycles. The smallest absolute Gasteiger partial charge is 0.243 e. The van der Waals surface area contributed by atoms with Crippen LogP contribution in [0.2, 0.25) is 10.0 Å². The van der Waals surface area contributed by atoms with Gasteiger partial charge >= 0.3 is 0 Å². The third-order valence-corrected chi connectivity index (χ3v) is 3.55. The number of nitrogens with one attached hydrogen (secondary N) is 2. The van der Waals surface area contributed by atoms with Gasteiger partial charge in [-0.3, -0.25) is 4.79 Å². The minimum absolute atomic E-state index is 0.0758. The Hall–Kier alpha value is -2.17. The predicted octanol–water partition coefficient (Wildman–Crippen LogP) is 5.00. The lowest BCUT2D eigenvalue weighted by atomic mass is 10.3. The predicted molar refractivity (Wildman–Crippen MR) is 100 cm³/mol. The summed E-state index contributed by atoms with van der Waals surface area (Å²) in [5, 5.41) is 6.69. The number of amides is 1. The number of hydrogen-bond donors (Lipinski definition) is 2. The summed E-state index contributed by atoms with van der Waals surface area (Å²) in [7, 11) is 0. The van der Waals surface area contributed by atoms with Crippen molar-refractivity contribution in [3.63, 3.8) is 0 Å². The number of para-hydroxylation sites is 2. The van der Waals surface area contributed by atoms with Gasteiger partial charge in [0.1, 0.15) is 12.4 Å². The lowest BCUT2D eigenvalue weighted by molar-refractivity contribution is -0.114. The molecule has 0 atom stereocenters. The number of rotatable bonds is 7. The molecule has 0 aromatic heterocycles. The molecule has 126 valence electrons. The maximum absolute atomic E-state index is 12.1. The number of ether oxygens (including phenoxy) is 1. The minimum atomic E-state index is -0.228. The number of hydrogen-bond acceptors (Lipinski definition) is 3. The molecule has 0 aliphatic rings. The Kier molecular flexibility index (Phi) is 6.53. The topological polar surface area (TPSA) is 50.4 Å². The highest BCUT2D eigenvalue weighted by Crippen LogP contribution is 2.26. The van der Waals surface area contributed by atoms with Crippen molar-refractivity contribution in [3.05, 3.63) is 64.7 Å². The number of benzene rings is 2. The highest BCUT2D eigenvalue weighted by atomic mass is 35.5. The number of carbonyl (C=O) groups excluding carboxylic acids is 1. The summed E-state index contributed by atoms with van der Waals surface area (Å²) in [6.07, 6.45) is 0. The van der Waals surface area contributed by atoms with Crippen LogP contribution in [0.15, 0.2) is 54.6 Å². The van der Waals surface area contributed by atoms with Crippen LogP contribution < -0.4 is 15.4 Å². The highest BCUT2D eigenvalue weighted by Gasteiger charge is 2.08. The first-order valence-corrected chi connectivity index (χ1v) is 8.06. The van der Waals surface area contributed by atoms with E-state index in [2.05, 4.69) is 17.2 Å². The van der Waals surface area contributed by atoms with E-state index in [9.17, 15) is 4.79 Å². The van der Waals surface area contributed by atoms with E-state index in [1.165, 1.54) is 0 Å². The maximum atomic E-state index is 12.1. The second-order valence-corrected chi connectivity index (χ2v) is 6.11. The summed E-state index contributed by atoms with van der Waals surface area (Å²) < 4.78 is 5.65. The molecule has 0 saturated carbocycles. The maximum Gasteiger partial charge on any atom is 0.243 e. The Morgan fingerprint density at radius 2 is 1.92 bits per heavy atom. The normalized spacial score (nSPS) is 10.1. The van der Waals surface area contributed by atoms with E-state index in [0.717, 1.165) is 11.3 Å². The van der Waals surface area contributed by atoms with Crippen LogP contribution in [0.5, 0.6) is 5.75 Å². The zero-order valence-corrected chi connectivity index (χ0v) is 14.7. The van der Waals surface area contributed by atoms with Crippen LogP contribution in [0.4, 0.5) is 11.4 Å². The summed E-state index contributed by atoms with van der Waals surface area (Å²) in [5.74, 6) is 0.437. The SMILES string of the molecule is C=C(C)COc1ccccc1NCC(=O)Nc1ccc(Cl)cc1Cl. The average molecular weight is 365 g/mol. The molecule has 0 fully saturated rings. The van der Waals surface area contributed by atoms with E-state index < -0.39 is 0 Å². The molecule has 4 nitrogen and oxygen atoms in total. The lowest BCUT2D eigenvalue weighted by Gasteiger charge is -2.13. The number of anilines is 2. The van der Waals surface area contributed by atoms with Gasteiger partial charge in [0.25, 0.3) is 0 Å². The van der Waals surface area contributed by atoms with Gasteiger partial charge in [0.2, 0.25) is 5.91 Å². The van der Waals surface area contributed by atoms with Gasteiger partial charge in [-0.15, -0.1) is 0 Å². The van der Waals surface area contributed by atoms with Crippen molar-refractivity contribution in [2.24, 2.45) is 0 Å². The summed E-state index contributed by atoms with van der Waals surface area (Å²) in [4.78, 5) is 12.1. The quantitative estimate of drug-likeness (QED) is 0.679. The Bertz CT molecular complexity index is 748. The van der Waals surface area contributed by atoms with Gasteiger partial charge in [0.15, 0.2) is 0 Å². The molecule has 0 spiro atoms.